The third kappa shape index (κ3) is 3.01. The summed E-state index contributed by atoms with van der Waals surface area (Å²) in [5, 5.41) is 0.243. The maximum absolute atomic E-state index is 13.8. The van der Waals surface area contributed by atoms with Gasteiger partial charge in [0.05, 0.1) is 22.7 Å². The molecule has 0 atom stereocenters. The lowest BCUT2D eigenvalue weighted by atomic mass is 10.0. The molecule has 0 aliphatic rings. The molecule has 0 unspecified atom stereocenters. The molecule has 0 radical (unpaired) electrons. The van der Waals surface area contributed by atoms with Crippen molar-refractivity contribution in [3.63, 3.8) is 0 Å². The topological polar surface area (TPSA) is 26.3 Å². The van der Waals surface area contributed by atoms with Gasteiger partial charge < -0.3 is 4.74 Å². The number of halogens is 4. The molecule has 21 heavy (non-hydrogen) atoms. The molecule has 0 heterocycles. The Kier molecular flexibility index (Phi) is 4.49. The van der Waals surface area contributed by atoms with E-state index < -0.39 is 17.4 Å². The average molecular weight is 331 g/mol. The van der Waals surface area contributed by atoms with Gasteiger partial charge >= 0.3 is 0 Å². The van der Waals surface area contributed by atoms with E-state index in [0.717, 1.165) is 6.07 Å². The molecule has 6 heteroatoms. The lowest BCUT2D eigenvalue weighted by Gasteiger charge is -2.09. The van der Waals surface area contributed by atoms with Gasteiger partial charge in [-0.2, -0.15) is 0 Å². The van der Waals surface area contributed by atoms with E-state index in [1.165, 1.54) is 26.2 Å². The van der Waals surface area contributed by atoms with Crippen molar-refractivity contribution in [2.75, 3.05) is 7.11 Å². The Balaban J connectivity index is 2.55. The van der Waals surface area contributed by atoms with Crippen molar-refractivity contribution in [1.82, 2.24) is 0 Å². The Morgan fingerprint density at radius 2 is 1.67 bits per heavy atom. The van der Waals surface area contributed by atoms with Crippen molar-refractivity contribution >= 4 is 29.0 Å². The van der Waals surface area contributed by atoms with Crippen molar-refractivity contribution in [3.8, 4) is 5.75 Å². The molecule has 0 fully saturated rings. The standard InChI is InChI=1S/C15H10Cl2F2O2/c1-7-3-9(13(19)6-12(7)18)15(20)8-4-11(17)14(21-2)5-10(8)16/h3-6H,1-2H3. The summed E-state index contributed by atoms with van der Waals surface area (Å²) in [7, 11) is 1.40. The lowest BCUT2D eigenvalue weighted by molar-refractivity contribution is 0.103. The zero-order chi connectivity index (χ0) is 15.7. The zero-order valence-corrected chi connectivity index (χ0v) is 12.6. The summed E-state index contributed by atoms with van der Waals surface area (Å²) in [5.74, 6) is -2.05. The number of ketones is 1. The number of hydrogen-bond acceptors (Lipinski definition) is 2. The van der Waals surface area contributed by atoms with Crippen LogP contribution in [0.4, 0.5) is 8.78 Å². The Hall–Kier alpha value is -1.65. The van der Waals surface area contributed by atoms with E-state index in [4.69, 9.17) is 27.9 Å². The minimum Gasteiger partial charge on any atom is -0.495 e. The van der Waals surface area contributed by atoms with Gasteiger partial charge in [-0.15, -0.1) is 0 Å². The first kappa shape index (κ1) is 15.7. The van der Waals surface area contributed by atoms with Crippen LogP contribution in [0.15, 0.2) is 24.3 Å². The quantitative estimate of drug-likeness (QED) is 0.754. The minimum atomic E-state index is -0.953. The van der Waals surface area contributed by atoms with E-state index in [-0.39, 0.29) is 26.7 Å². The van der Waals surface area contributed by atoms with Crippen molar-refractivity contribution in [2.45, 2.75) is 6.92 Å². The fourth-order valence-electron chi connectivity index (χ4n) is 1.84. The highest BCUT2D eigenvalue weighted by molar-refractivity contribution is 6.37. The number of rotatable bonds is 3. The predicted molar refractivity (Wildman–Crippen MR) is 77.5 cm³/mol. The number of benzene rings is 2. The van der Waals surface area contributed by atoms with E-state index >= 15 is 0 Å². The highest BCUT2D eigenvalue weighted by atomic mass is 35.5. The van der Waals surface area contributed by atoms with E-state index in [2.05, 4.69) is 0 Å². The first-order chi connectivity index (χ1) is 9.85. The maximum Gasteiger partial charge on any atom is 0.197 e. The fraction of sp³-hybridized carbons (Fsp3) is 0.133. The van der Waals surface area contributed by atoms with Crippen LogP contribution < -0.4 is 4.74 Å². The summed E-state index contributed by atoms with van der Waals surface area (Å²) in [5.41, 5.74) is -0.0834. The highest BCUT2D eigenvalue weighted by Gasteiger charge is 2.20. The summed E-state index contributed by atoms with van der Waals surface area (Å²) >= 11 is 11.9. The fourth-order valence-corrected chi connectivity index (χ4v) is 2.32. The van der Waals surface area contributed by atoms with Crippen molar-refractivity contribution in [3.05, 3.63) is 62.6 Å². The van der Waals surface area contributed by atoms with Gasteiger partial charge in [-0.05, 0) is 24.6 Å². The summed E-state index contributed by atoms with van der Waals surface area (Å²) < 4.78 is 32.0. The molecule has 110 valence electrons. The first-order valence-corrected chi connectivity index (χ1v) is 6.64. The normalized spacial score (nSPS) is 10.6. The van der Waals surface area contributed by atoms with Gasteiger partial charge in [0.1, 0.15) is 17.4 Å². The molecule has 2 rings (SSSR count). The third-order valence-corrected chi connectivity index (χ3v) is 3.59. The van der Waals surface area contributed by atoms with Crippen LogP contribution in [0.25, 0.3) is 0 Å². The summed E-state index contributed by atoms with van der Waals surface area (Å²) in [6.07, 6.45) is 0. The van der Waals surface area contributed by atoms with Crippen LogP contribution >= 0.6 is 23.2 Å². The lowest BCUT2D eigenvalue weighted by Crippen LogP contribution is -2.07. The average Bonchev–Trinajstić information content (AvgIpc) is 2.44. The summed E-state index contributed by atoms with van der Waals surface area (Å²) in [6, 6.07) is 4.47. The largest absolute Gasteiger partial charge is 0.495 e. The van der Waals surface area contributed by atoms with Crippen LogP contribution in [0.2, 0.25) is 10.0 Å². The molecule has 0 aromatic heterocycles. The van der Waals surface area contributed by atoms with Gasteiger partial charge in [-0.1, -0.05) is 23.2 Å². The van der Waals surface area contributed by atoms with Crippen LogP contribution in [-0.4, -0.2) is 12.9 Å². The SMILES string of the molecule is COc1cc(Cl)c(C(=O)c2cc(C)c(F)cc2F)cc1Cl. The molecule has 0 saturated heterocycles. The predicted octanol–water partition coefficient (Wildman–Crippen LogP) is 4.82. The van der Waals surface area contributed by atoms with Crippen molar-refractivity contribution in [1.29, 1.82) is 0 Å². The maximum atomic E-state index is 13.8. The second-order valence-corrected chi connectivity index (χ2v) is 5.19. The number of hydrogen-bond donors (Lipinski definition) is 0. The third-order valence-electron chi connectivity index (χ3n) is 2.98. The smallest absolute Gasteiger partial charge is 0.197 e. The van der Waals surface area contributed by atoms with Crippen LogP contribution in [0.3, 0.4) is 0 Å². The molecule has 2 nitrogen and oxygen atoms in total. The van der Waals surface area contributed by atoms with Crippen LogP contribution in [0.1, 0.15) is 21.5 Å². The molecule has 2 aromatic carbocycles. The van der Waals surface area contributed by atoms with E-state index in [0.29, 0.717) is 11.8 Å². The van der Waals surface area contributed by atoms with Gasteiger partial charge in [0.25, 0.3) is 0 Å². The number of ether oxygens (including phenoxy) is 1. The number of methoxy groups -OCH3 is 1. The van der Waals surface area contributed by atoms with Gasteiger partial charge in [0, 0.05) is 17.7 Å². The molecule has 0 bridgehead atoms. The van der Waals surface area contributed by atoms with Crippen LogP contribution in [0, 0.1) is 18.6 Å². The van der Waals surface area contributed by atoms with Gasteiger partial charge in [-0.3, -0.25) is 4.79 Å². The second kappa shape index (κ2) is 6.00. The van der Waals surface area contributed by atoms with E-state index in [1.807, 2.05) is 0 Å². The zero-order valence-electron chi connectivity index (χ0n) is 11.1. The van der Waals surface area contributed by atoms with Gasteiger partial charge in [0.15, 0.2) is 5.78 Å². The Morgan fingerprint density at radius 3 is 2.29 bits per heavy atom. The van der Waals surface area contributed by atoms with Gasteiger partial charge in [0.2, 0.25) is 0 Å². The van der Waals surface area contributed by atoms with E-state index in [9.17, 15) is 13.6 Å². The number of carbonyl (C=O) groups excluding carboxylic acids is 1. The molecular formula is C15H10Cl2F2O2. The number of carbonyl (C=O) groups is 1. The molecule has 0 spiro atoms. The molecule has 0 N–H and O–H groups in total. The molecule has 0 aliphatic heterocycles. The van der Waals surface area contributed by atoms with Gasteiger partial charge in [-0.25, -0.2) is 8.78 Å². The van der Waals surface area contributed by atoms with Crippen LogP contribution in [-0.2, 0) is 0 Å². The summed E-state index contributed by atoms with van der Waals surface area (Å²) in [6.45, 7) is 1.44. The Bertz CT molecular complexity index is 730. The monoisotopic (exact) mass is 330 g/mol. The molecular weight excluding hydrogens is 321 g/mol. The molecule has 0 saturated carbocycles. The van der Waals surface area contributed by atoms with Crippen LogP contribution in [0.5, 0.6) is 5.75 Å². The molecule has 0 aliphatic carbocycles. The van der Waals surface area contributed by atoms with Crippen molar-refractivity contribution in [2.24, 2.45) is 0 Å². The first-order valence-electron chi connectivity index (χ1n) is 5.88. The molecule has 0 amide bonds. The highest BCUT2D eigenvalue weighted by Crippen LogP contribution is 2.32. The Labute approximate surface area is 130 Å². The number of aryl methyl sites for hydroxylation is 1. The minimum absolute atomic E-state index is 0.0207. The van der Waals surface area contributed by atoms with Crippen molar-refractivity contribution < 1.29 is 18.3 Å². The summed E-state index contributed by atoms with van der Waals surface area (Å²) in [4.78, 5) is 12.4. The Morgan fingerprint density at radius 1 is 1.00 bits per heavy atom. The van der Waals surface area contributed by atoms with E-state index in [1.54, 1.807) is 0 Å². The second-order valence-electron chi connectivity index (χ2n) is 4.38. The molecule has 2 aromatic rings.